The van der Waals surface area contributed by atoms with Gasteiger partial charge in [0.25, 0.3) is 0 Å². The monoisotopic (exact) mass is 432 g/mol. The van der Waals surface area contributed by atoms with Crippen molar-refractivity contribution in [2.75, 3.05) is 12.3 Å². The number of nitrogens with zero attached hydrogens (tertiary/aromatic N) is 1. The van der Waals surface area contributed by atoms with Crippen molar-refractivity contribution in [1.29, 1.82) is 0 Å². The Morgan fingerprint density at radius 1 is 1.03 bits per heavy atom. The number of carbonyl (C=O) groups excluding carboxylic acids is 1. The van der Waals surface area contributed by atoms with Gasteiger partial charge in [0.2, 0.25) is 5.91 Å². The number of anilines is 1. The number of aliphatic hydroxyl groups excluding tert-OH is 1. The SMILES string of the molecule is CC(C)(Cc1cccc(CC(=O)NCc2ccccc2)c1)NC[C@H](O)c1ccc(N)nc1. The van der Waals surface area contributed by atoms with E-state index in [0.717, 1.165) is 28.7 Å². The van der Waals surface area contributed by atoms with E-state index in [0.29, 0.717) is 25.3 Å². The van der Waals surface area contributed by atoms with Gasteiger partial charge in [-0.3, -0.25) is 4.79 Å². The number of nitrogens with one attached hydrogen (secondary N) is 2. The van der Waals surface area contributed by atoms with Gasteiger partial charge in [0.15, 0.2) is 0 Å². The van der Waals surface area contributed by atoms with Crippen LogP contribution in [0.1, 0.15) is 42.2 Å². The second kappa shape index (κ2) is 10.9. The third-order valence-electron chi connectivity index (χ3n) is 5.30. The van der Waals surface area contributed by atoms with Crippen LogP contribution in [-0.4, -0.2) is 28.1 Å². The van der Waals surface area contributed by atoms with Crippen molar-refractivity contribution in [3.05, 3.63) is 95.2 Å². The van der Waals surface area contributed by atoms with Crippen LogP contribution in [0.2, 0.25) is 0 Å². The number of carbonyl (C=O) groups is 1. The van der Waals surface area contributed by atoms with Crippen LogP contribution >= 0.6 is 0 Å². The molecule has 0 bridgehead atoms. The first-order chi connectivity index (χ1) is 15.3. The summed E-state index contributed by atoms with van der Waals surface area (Å²) in [5.41, 5.74) is 9.30. The molecule has 0 aliphatic rings. The van der Waals surface area contributed by atoms with Gasteiger partial charge in [0.05, 0.1) is 12.5 Å². The van der Waals surface area contributed by atoms with E-state index in [1.807, 2.05) is 42.5 Å². The van der Waals surface area contributed by atoms with Crippen LogP contribution in [0.25, 0.3) is 0 Å². The predicted molar refractivity (Wildman–Crippen MR) is 128 cm³/mol. The van der Waals surface area contributed by atoms with Gasteiger partial charge in [-0.1, -0.05) is 60.7 Å². The Morgan fingerprint density at radius 3 is 2.47 bits per heavy atom. The topological polar surface area (TPSA) is 100 Å². The number of rotatable bonds is 10. The maximum Gasteiger partial charge on any atom is 0.224 e. The summed E-state index contributed by atoms with van der Waals surface area (Å²) in [7, 11) is 0. The molecule has 0 aliphatic carbocycles. The number of pyridine rings is 1. The van der Waals surface area contributed by atoms with Crippen molar-refractivity contribution in [2.24, 2.45) is 0 Å². The Labute approximate surface area is 189 Å². The number of nitrogens with two attached hydrogens (primary N) is 1. The van der Waals surface area contributed by atoms with Crippen LogP contribution in [0, 0.1) is 0 Å². The quantitative estimate of drug-likeness (QED) is 0.394. The van der Waals surface area contributed by atoms with Gasteiger partial charge in [-0.25, -0.2) is 4.98 Å². The summed E-state index contributed by atoms with van der Waals surface area (Å²) in [5.74, 6) is 0.437. The zero-order valence-corrected chi connectivity index (χ0v) is 18.7. The summed E-state index contributed by atoms with van der Waals surface area (Å²) in [6, 6.07) is 21.5. The molecule has 6 heteroatoms. The third-order valence-corrected chi connectivity index (χ3v) is 5.30. The average Bonchev–Trinajstić information content (AvgIpc) is 2.77. The molecule has 0 saturated heterocycles. The second-order valence-corrected chi connectivity index (χ2v) is 8.73. The van der Waals surface area contributed by atoms with Crippen LogP contribution in [0.4, 0.5) is 5.82 Å². The molecule has 0 spiro atoms. The Balaban J connectivity index is 1.51. The predicted octanol–water partition coefficient (Wildman–Crippen LogP) is 3.17. The van der Waals surface area contributed by atoms with E-state index in [9.17, 15) is 9.90 Å². The van der Waals surface area contributed by atoms with Gasteiger partial charge in [0, 0.05) is 30.4 Å². The average molecular weight is 433 g/mol. The molecule has 3 rings (SSSR count). The molecule has 0 radical (unpaired) electrons. The highest BCUT2D eigenvalue weighted by Gasteiger charge is 2.20. The van der Waals surface area contributed by atoms with Gasteiger partial charge < -0.3 is 21.5 Å². The summed E-state index contributed by atoms with van der Waals surface area (Å²) < 4.78 is 0. The van der Waals surface area contributed by atoms with Crippen molar-refractivity contribution >= 4 is 11.7 Å². The molecule has 168 valence electrons. The molecule has 0 unspecified atom stereocenters. The van der Waals surface area contributed by atoms with Crippen LogP contribution in [0.5, 0.6) is 0 Å². The van der Waals surface area contributed by atoms with Crippen molar-refractivity contribution in [1.82, 2.24) is 15.6 Å². The smallest absolute Gasteiger partial charge is 0.224 e. The molecular weight excluding hydrogens is 400 g/mol. The zero-order chi connectivity index (χ0) is 23.0. The lowest BCUT2D eigenvalue weighted by Crippen LogP contribution is -2.43. The Hall–Kier alpha value is -3.22. The lowest BCUT2D eigenvalue weighted by Gasteiger charge is -2.28. The normalized spacial score (nSPS) is 12.3. The van der Waals surface area contributed by atoms with E-state index in [1.165, 1.54) is 0 Å². The first-order valence-electron chi connectivity index (χ1n) is 10.8. The van der Waals surface area contributed by atoms with Gasteiger partial charge in [-0.05, 0) is 43.0 Å². The molecule has 32 heavy (non-hydrogen) atoms. The van der Waals surface area contributed by atoms with Crippen molar-refractivity contribution in [3.63, 3.8) is 0 Å². The number of amides is 1. The van der Waals surface area contributed by atoms with Crippen LogP contribution < -0.4 is 16.4 Å². The molecular formula is C26H32N4O2. The first kappa shape index (κ1) is 23.4. The molecule has 2 aromatic carbocycles. The fourth-order valence-corrected chi connectivity index (χ4v) is 3.57. The van der Waals surface area contributed by atoms with E-state index in [-0.39, 0.29) is 11.4 Å². The summed E-state index contributed by atoms with van der Waals surface area (Å²) in [5, 5.41) is 16.8. The summed E-state index contributed by atoms with van der Waals surface area (Å²) in [4.78, 5) is 16.4. The molecule has 5 N–H and O–H groups in total. The molecule has 1 heterocycles. The second-order valence-electron chi connectivity index (χ2n) is 8.73. The minimum absolute atomic E-state index is 0.00335. The Bertz CT molecular complexity index is 1000. The summed E-state index contributed by atoms with van der Waals surface area (Å²) in [6.07, 6.45) is 2.04. The number of aromatic nitrogens is 1. The highest BCUT2D eigenvalue weighted by molar-refractivity contribution is 5.78. The van der Waals surface area contributed by atoms with E-state index in [2.05, 4.69) is 41.6 Å². The molecule has 3 aromatic rings. The number of nitrogen functional groups attached to an aromatic ring is 1. The molecule has 0 fully saturated rings. The number of hydrogen-bond donors (Lipinski definition) is 4. The Morgan fingerprint density at radius 2 is 1.75 bits per heavy atom. The minimum Gasteiger partial charge on any atom is -0.387 e. The summed E-state index contributed by atoms with van der Waals surface area (Å²) >= 11 is 0. The fraction of sp³-hybridized carbons (Fsp3) is 0.308. The first-order valence-corrected chi connectivity index (χ1v) is 10.8. The zero-order valence-electron chi connectivity index (χ0n) is 18.7. The standard InChI is InChI=1S/C26H32N4O2/c1-26(2,30-18-23(31)22-11-12-24(27)28-17-22)15-21-10-6-9-20(13-21)14-25(32)29-16-19-7-4-3-5-8-19/h3-13,17,23,30-31H,14-16,18H2,1-2H3,(H2,27,28)(H,29,32)/t23-/m0/s1. The maximum absolute atomic E-state index is 12.4. The molecule has 1 atom stereocenters. The maximum atomic E-state index is 12.4. The number of β-amino-alcohol motifs (C(OH)–C–C–N with tert-alkyl or cyclic N) is 1. The highest BCUT2D eigenvalue weighted by Crippen LogP contribution is 2.17. The third kappa shape index (κ3) is 7.48. The van der Waals surface area contributed by atoms with Crippen LogP contribution in [-0.2, 0) is 24.2 Å². The fourth-order valence-electron chi connectivity index (χ4n) is 3.57. The largest absolute Gasteiger partial charge is 0.387 e. The molecule has 0 aliphatic heterocycles. The lowest BCUT2D eigenvalue weighted by molar-refractivity contribution is -0.120. The van der Waals surface area contributed by atoms with Crippen LogP contribution in [0.15, 0.2) is 72.9 Å². The van der Waals surface area contributed by atoms with Gasteiger partial charge >= 0.3 is 0 Å². The Kier molecular flexibility index (Phi) is 7.98. The van der Waals surface area contributed by atoms with E-state index in [1.54, 1.807) is 18.3 Å². The van der Waals surface area contributed by atoms with E-state index < -0.39 is 6.10 Å². The van der Waals surface area contributed by atoms with Crippen molar-refractivity contribution in [2.45, 2.75) is 44.9 Å². The molecule has 1 aromatic heterocycles. The van der Waals surface area contributed by atoms with Gasteiger partial charge in [0.1, 0.15) is 5.82 Å². The minimum atomic E-state index is -0.665. The van der Waals surface area contributed by atoms with Gasteiger partial charge in [-0.15, -0.1) is 0 Å². The number of hydrogen-bond acceptors (Lipinski definition) is 5. The number of aliphatic hydroxyl groups is 1. The highest BCUT2D eigenvalue weighted by atomic mass is 16.3. The van der Waals surface area contributed by atoms with Gasteiger partial charge in [-0.2, -0.15) is 0 Å². The number of benzene rings is 2. The lowest BCUT2D eigenvalue weighted by atomic mass is 9.93. The summed E-state index contributed by atoms with van der Waals surface area (Å²) in [6.45, 7) is 5.13. The van der Waals surface area contributed by atoms with Crippen molar-refractivity contribution < 1.29 is 9.90 Å². The molecule has 6 nitrogen and oxygen atoms in total. The van der Waals surface area contributed by atoms with E-state index in [4.69, 9.17) is 5.73 Å². The van der Waals surface area contributed by atoms with Crippen LogP contribution in [0.3, 0.4) is 0 Å². The molecule has 0 saturated carbocycles. The molecule has 1 amide bonds. The van der Waals surface area contributed by atoms with E-state index >= 15 is 0 Å². The van der Waals surface area contributed by atoms with Crippen molar-refractivity contribution in [3.8, 4) is 0 Å².